The second kappa shape index (κ2) is 6.99. The van der Waals surface area contributed by atoms with Gasteiger partial charge in [-0.05, 0) is 26.3 Å². The summed E-state index contributed by atoms with van der Waals surface area (Å²) in [6.45, 7) is 5.11. The summed E-state index contributed by atoms with van der Waals surface area (Å²) in [5, 5.41) is 12.0. The Balaban J connectivity index is 3.03. The molecule has 22 heavy (non-hydrogen) atoms. The Bertz CT molecular complexity index is 569. The van der Waals surface area contributed by atoms with Gasteiger partial charge in [0.2, 0.25) is 0 Å². The highest BCUT2D eigenvalue weighted by atomic mass is 16.6. The minimum Gasteiger partial charge on any atom is -0.479 e. The number of terminal acetylenes is 1. The lowest BCUT2D eigenvalue weighted by atomic mass is 9.88. The van der Waals surface area contributed by atoms with Gasteiger partial charge in [-0.1, -0.05) is 30.3 Å². The van der Waals surface area contributed by atoms with Crippen molar-refractivity contribution in [2.24, 2.45) is 0 Å². The summed E-state index contributed by atoms with van der Waals surface area (Å²) in [6, 6.07) is 8.99. The van der Waals surface area contributed by atoms with Gasteiger partial charge in [0.15, 0.2) is 5.54 Å². The highest BCUT2D eigenvalue weighted by Crippen LogP contribution is 2.19. The van der Waals surface area contributed by atoms with Crippen molar-refractivity contribution in [2.75, 3.05) is 0 Å². The predicted molar refractivity (Wildman–Crippen MR) is 83.3 cm³/mol. The van der Waals surface area contributed by atoms with Gasteiger partial charge >= 0.3 is 12.1 Å². The van der Waals surface area contributed by atoms with E-state index in [0.717, 1.165) is 5.56 Å². The fraction of sp³-hybridized carbons (Fsp3) is 0.412. The lowest BCUT2D eigenvalue weighted by Gasteiger charge is -2.30. The van der Waals surface area contributed by atoms with E-state index >= 15 is 0 Å². The van der Waals surface area contributed by atoms with Gasteiger partial charge in [0, 0.05) is 12.8 Å². The number of hydrogen-bond acceptors (Lipinski definition) is 3. The summed E-state index contributed by atoms with van der Waals surface area (Å²) in [7, 11) is 0. The number of amides is 1. The summed E-state index contributed by atoms with van der Waals surface area (Å²) in [5.41, 5.74) is -1.56. The van der Waals surface area contributed by atoms with Crippen molar-refractivity contribution in [3.05, 3.63) is 35.9 Å². The van der Waals surface area contributed by atoms with Crippen molar-refractivity contribution in [1.82, 2.24) is 5.32 Å². The highest BCUT2D eigenvalue weighted by Gasteiger charge is 2.40. The molecule has 0 fully saturated rings. The van der Waals surface area contributed by atoms with E-state index in [1.807, 2.05) is 6.07 Å². The molecular formula is C17H21NO4. The number of hydrogen-bond donors (Lipinski definition) is 2. The first-order valence-corrected chi connectivity index (χ1v) is 6.90. The molecule has 5 heteroatoms. The Kier molecular flexibility index (Phi) is 5.58. The van der Waals surface area contributed by atoms with Gasteiger partial charge in [-0.15, -0.1) is 12.3 Å². The zero-order valence-corrected chi connectivity index (χ0v) is 13.1. The largest absolute Gasteiger partial charge is 0.479 e. The molecule has 0 radical (unpaired) electrons. The number of carboxylic acids is 1. The Morgan fingerprint density at radius 1 is 1.27 bits per heavy atom. The molecule has 0 aliphatic heterocycles. The van der Waals surface area contributed by atoms with Crippen LogP contribution < -0.4 is 5.32 Å². The van der Waals surface area contributed by atoms with E-state index in [0.29, 0.717) is 0 Å². The number of carboxylic acid groups (broad SMARTS) is 1. The number of carbonyl (C=O) groups excluding carboxylic acids is 1. The van der Waals surface area contributed by atoms with Crippen LogP contribution in [-0.4, -0.2) is 28.3 Å². The average molecular weight is 303 g/mol. The standard InChI is InChI=1S/C17H21NO4/c1-5-11-17(14(19)20,12-13-9-7-6-8-10-13)18-15(21)22-16(2,3)4/h1,6-10H,11-12H2,2-4H3,(H,18,21)(H,19,20)/t17-/m0/s1. The molecule has 1 rings (SSSR count). The van der Waals surface area contributed by atoms with E-state index in [-0.39, 0.29) is 12.8 Å². The molecule has 0 bridgehead atoms. The summed E-state index contributed by atoms with van der Waals surface area (Å²) >= 11 is 0. The number of aliphatic carboxylic acids is 1. The van der Waals surface area contributed by atoms with E-state index in [2.05, 4.69) is 11.2 Å². The van der Waals surface area contributed by atoms with Crippen LogP contribution in [0.4, 0.5) is 4.79 Å². The molecule has 0 saturated heterocycles. The predicted octanol–water partition coefficient (Wildman–Crippen LogP) is 2.60. The van der Waals surface area contributed by atoms with Gasteiger partial charge in [0.25, 0.3) is 0 Å². The number of alkyl carbamates (subject to hydrolysis) is 1. The Morgan fingerprint density at radius 2 is 1.86 bits per heavy atom. The SMILES string of the molecule is C#CC[C@@](Cc1ccccc1)(NC(=O)OC(C)(C)C)C(=O)O. The molecule has 5 nitrogen and oxygen atoms in total. The molecule has 118 valence electrons. The third-order valence-electron chi connectivity index (χ3n) is 2.90. The van der Waals surface area contributed by atoms with Crippen molar-refractivity contribution < 1.29 is 19.4 Å². The van der Waals surface area contributed by atoms with Crippen LogP contribution in [0.3, 0.4) is 0 Å². The number of rotatable bonds is 5. The smallest absolute Gasteiger partial charge is 0.408 e. The quantitative estimate of drug-likeness (QED) is 0.820. The Morgan fingerprint density at radius 3 is 2.32 bits per heavy atom. The van der Waals surface area contributed by atoms with Gasteiger partial charge in [0.1, 0.15) is 5.60 Å². The fourth-order valence-corrected chi connectivity index (χ4v) is 1.97. The van der Waals surface area contributed by atoms with Gasteiger partial charge in [-0.3, -0.25) is 0 Å². The van der Waals surface area contributed by atoms with Crippen molar-refractivity contribution in [1.29, 1.82) is 0 Å². The van der Waals surface area contributed by atoms with Crippen LogP contribution in [0.25, 0.3) is 0 Å². The Hall–Kier alpha value is -2.48. The van der Waals surface area contributed by atoms with E-state index in [1.165, 1.54) is 0 Å². The zero-order valence-electron chi connectivity index (χ0n) is 13.1. The Labute approximate surface area is 130 Å². The average Bonchev–Trinajstić information content (AvgIpc) is 2.37. The van der Waals surface area contributed by atoms with Crippen LogP contribution in [0.15, 0.2) is 30.3 Å². The van der Waals surface area contributed by atoms with Crippen molar-refractivity contribution in [2.45, 2.75) is 44.8 Å². The van der Waals surface area contributed by atoms with Crippen molar-refractivity contribution in [3.63, 3.8) is 0 Å². The van der Waals surface area contributed by atoms with Crippen LogP contribution in [0.1, 0.15) is 32.8 Å². The number of ether oxygens (including phenoxy) is 1. The topological polar surface area (TPSA) is 75.6 Å². The second-order valence-electron chi connectivity index (χ2n) is 6.06. The van der Waals surface area contributed by atoms with Gasteiger partial charge in [0.05, 0.1) is 0 Å². The molecule has 1 atom stereocenters. The van der Waals surface area contributed by atoms with Gasteiger partial charge in [-0.25, -0.2) is 9.59 Å². The number of benzene rings is 1. The lowest BCUT2D eigenvalue weighted by Crippen LogP contribution is -2.56. The van der Waals surface area contributed by atoms with Gasteiger partial charge < -0.3 is 15.2 Å². The summed E-state index contributed by atoms with van der Waals surface area (Å²) in [6.07, 6.45) is 4.43. The normalized spacial score (nSPS) is 13.5. The van der Waals surface area contributed by atoms with Crippen LogP contribution in [0.2, 0.25) is 0 Å². The molecule has 1 amide bonds. The van der Waals surface area contributed by atoms with Crippen molar-refractivity contribution in [3.8, 4) is 12.3 Å². The maximum atomic E-state index is 12.0. The van der Waals surface area contributed by atoms with E-state index in [1.54, 1.807) is 45.0 Å². The maximum Gasteiger partial charge on any atom is 0.408 e. The molecule has 1 aromatic carbocycles. The summed E-state index contributed by atoms with van der Waals surface area (Å²) < 4.78 is 5.15. The minimum absolute atomic E-state index is 0.0760. The molecule has 2 N–H and O–H groups in total. The zero-order chi connectivity index (χ0) is 16.8. The van der Waals surface area contributed by atoms with Crippen LogP contribution >= 0.6 is 0 Å². The first kappa shape index (κ1) is 17.6. The van der Waals surface area contributed by atoms with E-state index in [9.17, 15) is 14.7 Å². The summed E-state index contributed by atoms with van der Waals surface area (Å²) in [4.78, 5) is 23.7. The third kappa shape index (κ3) is 5.13. The third-order valence-corrected chi connectivity index (χ3v) is 2.90. The molecule has 0 heterocycles. The molecular weight excluding hydrogens is 282 g/mol. The number of nitrogens with one attached hydrogen (secondary N) is 1. The minimum atomic E-state index is -1.60. The number of carbonyl (C=O) groups is 2. The molecule has 0 aliphatic carbocycles. The van der Waals surface area contributed by atoms with Crippen LogP contribution in [0, 0.1) is 12.3 Å². The lowest BCUT2D eigenvalue weighted by molar-refractivity contribution is -0.144. The monoisotopic (exact) mass is 303 g/mol. The molecule has 0 aromatic heterocycles. The molecule has 0 unspecified atom stereocenters. The summed E-state index contributed by atoms with van der Waals surface area (Å²) in [5.74, 6) is 1.13. The molecule has 0 spiro atoms. The van der Waals surface area contributed by atoms with E-state index in [4.69, 9.17) is 11.2 Å². The van der Waals surface area contributed by atoms with Crippen LogP contribution in [-0.2, 0) is 16.0 Å². The molecule has 0 saturated carbocycles. The van der Waals surface area contributed by atoms with E-state index < -0.39 is 23.2 Å². The second-order valence-corrected chi connectivity index (χ2v) is 6.06. The fourth-order valence-electron chi connectivity index (χ4n) is 1.97. The first-order valence-electron chi connectivity index (χ1n) is 6.90. The molecule has 0 aliphatic rings. The molecule has 1 aromatic rings. The van der Waals surface area contributed by atoms with Crippen LogP contribution in [0.5, 0.6) is 0 Å². The first-order chi connectivity index (χ1) is 10.2. The van der Waals surface area contributed by atoms with Crippen molar-refractivity contribution >= 4 is 12.1 Å². The van der Waals surface area contributed by atoms with Gasteiger partial charge in [-0.2, -0.15) is 0 Å². The highest BCUT2D eigenvalue weighted by molar-refractivity contribution is 5.85. The maximum absolute atomic E-state index is 12.0.